The summed E-state index contributed by atoms with van der Waals surface area (Å²) in [5.74, 6) is -2.20. The lowest BCUT2D eigenvalue weighted by Crippen LogP contribution is -2.21. The average Bonchev–Trinajstić information content (AvgIpc) is 2.37. The molecule has 0 unspecified atom stereocenters. The molecule has 112 valence electrons. The molecule has 1 rings (SSSR count). The van der Waals surface area contributed by atoms with E-state index in [0.29, 0.717) is 0 Å². The van der Waals surface area contributed by atoms with Gasteiger partial charge in [0.1, 0.15) is 6.07 Å². The fraction of sp³-hybridized carbons (Fsp3) is 0.182. The Balaban J connectivity index is 2.79. The van der Waals surface area contributed by atoms with E-state index >= 15 is 0 Å². The van der Waals surface area contributed by atoms with Crippen molar-refractivity contribution in [2.75, 3.05) is 12.0 Å². The van der Waals surface area contributed by atoms with Gasteiger partial charge in [-0.15, -0.1) is 0 Å². The van der Waals surface area contributed by atoms with Crippen molar-refractivity contribution in [3.63, 3.8) is 0 Å². The molecule has 0 bridgehead atoms. The normalized spacial score (nSPS) is 11.7. The molecule has 0 heterocycles. The molecule has 6 nitrogen and oxygen atoms in total. The lowest BCUT2D eigenvalue weighted by atomic mass is 10.3. The standard InChI is InChI=1S/C11H9F4N5O/c12-7-3-6(19-20-8(4-16)10(17)18)1-2-9(7)21-5-11(13,14)15/h1-3,19H,5H2,(H3,17,18)/b20-8+. The van der Waals surface area contributed by atoms with Gasteiger partial charge in [-0.05, 0) is 12.1 Å². The quantitative estimate of drug-likeness (QED) is 0.334. The predicted octanol–water partition coefficient (Wildman–Crippen LogP) is 1.99. The van der Waals surface area contributed by atoms with Crippen LogP contribution in [0.3, 0.4) is 0 Å². The summed E-state index contributed by atoms with van der Waals surface area (Å²) in [6.07, 6.45) is -4.57. The number of halogens is 4. The zero-order valence-electron chi connectivity index (χ0n) is 10.3. The summed E-state index contributed by atoms with van der Waals surface area (Å²) < 4.78 is 53.6. The average molecular weight is 303 g/mol. The minimum Gasteiger partial charge on any atom is -0.481 e. The van der Waals surface area contributed by atoms with Crippen LogP contribution in [0, 0.1) is 22.6 Å². The topological polar surface area (TPSA) is 107 Å². The number of ether oxygens (including phenoxy) is 1. The van der Waals surface area contributed by atoms with Crippen LogP contribution in [0.1, 0.15) is 0 Å². The number of alkyl halides is 3. The summed E-state index contributed by atoms with van der Waals surface area (Å²) in [4.78, 5) is 0. The van der Waals surface area contributed by atoms with Crippen LogP contribution in [0.5, 0.6) is 5.75 Å². The molecule has 0 aliphatic heterocycles. The van der Waals surface area contributed by atoms with Gasteiger partial charge in [0.05, 0.1) is 5.69 Å². The van der Waals surface area contributed by atoms with Gasteiger partial charge in [-0.3, -0.25) is 10.8 Å². The van der Waals surface area contributed by atoms with Gasteiger partial charge in [0.15, 0.2) is 24.0 Å². The number of benzene rings is 1. The molecule has 4 N–H and O–H groups in total. The van der Waals surface area contributed by atoms with E-state index in [4.69, 9.17) is 16.4 Å². The second kappa shape index (κ2) is 6.56. The highest BCUT2D eigenvalue weighted by Gasteiger charge is 2.28. The zero-order chi connectivity index (χ0) is 16.0. The van der Waals surface area contributed by atoms with Crippen LogP contribution in [0.15, 0.2) is 23.3 Å². The van der Waals surface area contributed by atoms with Crippen LogP contribution in [0.4, 0.5) is 23.2 Å². The highest BCUT2D eigenvalue weighted by atomic mass is 19.4. The maximum atomic E-state index is 13.5. The molecule has 10 heteroatoms. The molecule has 0 saturated carbocycles. The van der Waals surface area contributed by atoms with Crippen LogP contribution in [-0.4, -0.2) is 24.3 Å². The van der Waals surface area contributed by atoms with Crippen molar-refractivity contribution < 1.29 is 22.3 Å². The molecular formula is C11H9F4N5O. The molecule has 0 aliphatic carbocycles. The molecule has 21 heavy (non-hydrogen) atoms. The summed E-state index contributed by atoms with van der Waals surface area (Å²) >= 11 is 0. The number of rotatable bonds is 5. The summed E-state index contributed by atoms with van der Waals surface area (Å²) in [5, 5.41) is 19.0. The SMILES string of the molecule is N#C/C(=N\Nc1ccc(OCC(F)(F)F)c(F)c1)C(=N)N. The molecule has 1 aromatic carbocycles. The van der Waals surface area contributed by atoms with Crippen LogP contribution in [-0.2, 0) is 0 Å². The van der Waals surface area contributed by atoms with Gasteiger partial charge in [-0.25, -0.2) is 4.39 Å². The lowest BCUT2D eigenvalue weighted by Gasteiger charge is -2.10. The number of nitrogens with two attached hydrogens (primary N) is 1. The van der Waals surface area contributed by atoms with Crippen LogP contribution in [0.2, 0.25) is 0 Å². The largest absolute Gasteiger partial charge is 0.481 e. The number of hydrogen-bond donors (Lipinski definition) is 3. The zero-order valence-corrected chi connectivity index (χ0v) is 10.3. The molecule has 0 spiro atoms. The first-order valence-electron chi connectivity index (χ1n) is 5.30. The summed E-state index contributed by atoms with van der Waals surface area (Å²) in [6, 6.07) is 4.51. The third kappa shape index (κ3) is 5.35. The minimum absolute atomic E-state index is 0.0425. The molecule has 0 radical (unpaired) electrons. The van der Waals surface area contributed by atoms with Crippen molar-refractivity contribution >= 4 is 17.2 Å². The molecule has 0 aromatic heterocycles. The van der Waals surface area contributed by atoms with Gasteiger partial charge in [0.25, 0.3) is 0 Å². The Labute approximate surface area is 116 Å². The van der Waals surface area contributed by atoms with Gasteiger partial charge in [-0.1, -0.05) is 0 Å². The Morgan fingerprint density at radius 3 is 2.62 bits per heavy atom. The lowest BCUT2D eigenvalue weighted by molar-refractivity contribution is -0.153. The van der Waals surface area contributed by atoms with Crippen molar-refractivity contribution in [2.24, 2.45) is 10.8 Å². The third-order valence-corrected chi connectivity index (χ3v) is 1.98. The van der Waals surface area contributed by atoms with E-state index in [9.17, 15) is 17.6 Å². The second-order valence-corrected chi connectivity index (χ2v) is 3.65. The maximum absolute atomic E-state index is 13.5. The Kier molecular flexibility index (Phi) is 5.06. The van der Waals surface area contributed by atoms with Gasteiger partial charge < -0.3 is 10.5 Å². The molecule has 0 atom stereocenters. The number of hydrogen-bond acceptors (Lipinski definition) is 5. The summed E-state index contributed by atoms with van der Waals surface area (Å²) in [5.41, 5.74) is 6.90. The predicted molar refractivity (Wildman–Crippen MR) is 66.5 cm³/mol. The van der Waals surface area contributed by atoms with Gasteiger partial charge in [0.2, 0.25) is 5.71 Å². The Morgan fingerprint density at radius 1 is 1.48 bits per heavy atom. The minimum atomic E-state index is -4.57. The fourth-order valence-electron chi connectivity index (χ4n) is 1.11. The number of nitriles is 1. The fourth-order valence-corrected chi connectivity index (χ4v) is 1.11. The van der Waals surface area contributed by atoms with Crippen molar-refractivity contribution in [1.29, 1.82) is 10.7 Å². The first-order chi connectivity index (χ1) is 9.73. The number of nitrogens with zero attached hydrogens (tertiary/aromatic N) is 2. The van der Waals surface area contributed by atoms with E-state index in [2.05, 4.69) is 15.3 Å². The Bertz CT molecular complexity index is 606. The molecular weight excluding hydrogens is 294 g/mol. The van der Waals surface area contributed by atoms with E-state index in [1.807, 2.05) is 0 Å². The first kappa shape index (κ1) is 16.2. The van der Waals surface area contributed by atoms with Gasteiger partial charge in [-0.2, -0.15) is 23.5 Å². The summed E-state index contributed by atoms with van der Waals surface area (Å²) in [7, 11) is 0. The summed E-state index contributed by atoms with van der Waals surface area (Å²) in [6.45, 7) is -1.61. The van der Waals surface area contributed by atoms with Gasteiger partial charge >= 0.3 is 6.18 Å². The monoisotopic (exact) mass is 303 g/mol. The molecule has 1 aromatic rings. The smallest absolute Gasteiger partial charge is 0.422 e. The van der Waals surface area contributed by atoms with Crippen molar-refractivity contribution in [3.8, 4) is 11.8 Å². The van der Waals surface area contributed by atoms with Crippen molar-refractivity contribution in [3.05, 3.63) is 24.0 Å². The third-order valence-electron chi connectivity index (χ3n) is 1.98. The second-order valence-electron chi connectivity index (χ2n) is 3.65. The highest BCUT2D eigenvalue weighted by molar-refractivity contribution is 6.45. The molecule has 0 amide bonds. The number of hydrazone groups is 1. The first-order valence-corrected chi connectivity index (χ1v) is 5.30. The van der Waals surface area contributed by atoms with E-state index in [1.165, 1.54) is 12.1 Å². The number of nitrogens with one attached hydrogen (secondary N) is 2. The van der Waals surface area contributed by atoms with Crippen LogP contribution >= 0.6 is 0 Å². The molecule has 0 aliphatic rings. The van der Waals surface area contributed by atoms with E-state index in [1.54, 1.807) is 0 Å². The Morgan fingerprint density at radius 2 is 2.14 bits per heavy atom. The van der Waals surface area contributed by atoms with Crippen LogP contribution < -0.4 is 15.9 Å². The van der Waals surface area contributed by atoms with E-state index in [-0.39, 0.29) is 5.69 Å². The number of amidine groups is 1. The van der Waals surface area contributed by atoms with Crippen molar-refractivity contribution in [2.45, 2.75) is 6.18 Å². The van der Waals surface area contributed by atoms with Gasteiger partial charge in [0, 0.05) is 6.07 Å². The molecule has 0 fully saturated rings. The van der Waals surface area contributed by atoms with E-state index < -0.39 is 35.9 Å². The molecule has 0 saturated heterocycles. The van der Waals surface area contributed by atoms with Crippen LogP contribution in [0.25, 0.3) is 0 Å². The highest BCUT2D eigenvalue weighted by Crippen LogP contribution is 2.23. The Hall–Kier alpha value is -2.83. The maximum Gasteiger partial charge on any atom is 0.422 e. The van der Waals surface area contributed by atoms with Crippen molar-refractivity contribution in [1.82, 2.24) is 0 Å². The van der Waals surface area contributed by atoms with E-state index in [0.717, 1.165) is 12.1 Å². The number of anilines is 1.